The average Bonchev–Trinajstić information content (AvgIpc) is 2.17. The molecule has 0 aromatic heterocycles. The fourth-order valence-corrected chi connectivity index (χ4v) is 2.13. The van der Waals surface area contributed by atoms with E-state index in [1.807, 2.05) is 18.2 Å². The second-order valence-corrected chi connectivity index (χ2v) is 5.69. The first kappa shape index (κ1) is 13.1. The Balaban J connectivity index is 2.66. The number of hydrogen-bond acceptors (Lipinski definition) is 1. The first-order valence-electron chi connectivity index (χ1n) is 6.22. The Morgan fingerprint density at radius 3 is 2.38 bits per heavy atom. The molecule has 0 aliphatic carbocycles. The number of rotatable bonds is 5. The Morgan fingerprint density at radius 1 is 1.19 bits per heavy atom. The molecule has 16 heavy (non-hydrogen) atoms. The fourth-order valence-electron chi connectivity index (χ4n) is 2.13. The highest BCUT2D eigenvalue weighted by atomic mass is 16.3. The number of phenolic OH excluding ortho intramolecular Hbond substituents is 1. The molecular weight excluding hydrogens is 196 g/mol. The van der Waals surface area contributed by atoms with Crippen LogP contribution in [0.1, 0.15) is 52.5 Å². The zero-order chi connectivity index (χ0) is 12.2. The zero-order valence-corrected chi connectivity index (χ0v) is 11.0. The average molecular weight is 220 g/mol. The highest BCUT2D eigenvalue weighted by Crippen LogP contribution is 2.34. The summed E-state index contributed by atoms with van der Waals surface area (Å²) in [5.41, 5.74) is 1.14. The van der Waals surface area contributed by atoms with E-state index >= 15 is 0 Å². The van der Waals surface area contributed by atoms with E-state index in [0.717, 1.165) is 17.9 Å². The van der Waals surface area contributed by atoms with Crippen LogP contribution in [0.25, 0.3) is 0 Å². The summed E-state index contributed by atoms with van der Waals surface area (Å²) in [5, 5.41) is 9.85. The van der Waals surface area contributed by atoms with Crippen molar-refractivity contribution in [3.8, 4) is 5.75 Å². The van der Waals surface area contributed by atoms with Crippen LogP contribution in [0.3, 0.4) is 0 Å². The third-order valence-electron chi connectivity index (χ3n) is 3.22. The molecule has 1 rings (SSSR count). The lowest BCUT2D eigenvalue weighted by atomic mass is 9.79. The van der Waals surface area contributed by atoms with Crippen molar-refractivity contribution in [2.24, 2.45) is 5.92 Å². The van der Waals surface area contributed by atoms with Gasteiger partial charge in [0.25, 0.3) is 0 Å². The molecule has 1 aromatic carbocycles. The topological polar surface area (TPSA) is 20.2 Å². The normalized spacial score (nSPS) is 12.1. The monoisotopic (exact) mass is 220 g/mol. The van der Waals surface area contributed by atoms with Crippen LogP contribution in [-0.2, 0) is 5.41 Å². The third-order valence-corrected chi connectivity index (χ3v) is 3.22. The molecular formula is C15H24O. The van der Waals surface area contributed by atoms with E-state index in [1.165, 1.54) is 12.8 Å². The summed E-state index contributed by atoms with van der Waals surface area (Å²) >= 11 is 0. The maximum atomic E-state index is 9.85. The predicted octanol–water partition coefficient (Wildman–Crippen LogP) is 4.50. The number of benzene rings is 1. The molecule has 1 nitrogen and oxygen atoms in total. The van der Waals surface area contributed by atoms with Crippen molar-refractivity contribution >= 4 is 0 Å². The van der Waals surface area contributed by atoms with E-state index in [1.54, 1.807) is 6.07 Å². The molecule has 0 saturated carbocycles. The maximum Gasteiger partial charge on any atom is 0.119 e. The standard InChI is InChI=1S/C15H24O/c1-12(2)8-7-11-15(3,4)13-9-5-6-10-14(13)16/h5-6,9-10,12,16H,7-8,11H2,1-4H3. The van der Waals surface area contributed by atoms with Gasteiger partial charge in [0.05, 0.1) is 0 Å². The van der Waals surface area contributed by atoms with Gasteiger partial charge in [-0.25, -0.2) is 0 Å². The summed E-state index contributed by atoms with van der Waals surface area (Å²) in [7, 11) is 0. The third kappa shape index (κ3) is 3.55. The molecule has 0 heterocycles. The van der Waals surface area contributed by atoms with Gasteiger partial charge in [-0.05, 0) is 29.4 Å². The highest BCUT2D eigenvalue weighted by Gasteiger charge is 2.22. The van der Waals surface area contributed by atoms with Gasteiger partial charge < -0.3 is 5.11 Å². The Bertz CT molecular complexity index is 326. The number of hydrogen-bond donors (Lipinski definition) is 1. The van der Waals surface area contributed by atoms with Gasteiger partial charge in [-0.2, -0.15) is 0 Å². The minimum Gasteiger partial charge on any atom is -0.508 e. The maximum absolute atomic E-state index is 9.85. The summed E-state index contributed by atoms with van der Waals surface area (Å²) in [5.74, 6) is 1.19. The predicted molar refractivity (Wildman–Crippen MR) is 69.8 cm³/mol. The summed E-state index contributed by atoms with van der Waals surface area (Å²) in [6.07, 6.45) is 3.61. The van der Waals surface area contributed by atoms with Crippen LogP contribution in [0.15, 0.2) is 24.3 Å². The van der Waals surface area contributed by atoms with Crippen LogP contribution >= 0.6 is 0 Å². The largest absolute Gasteiger partial charge is 0.508 e. The van der Waals surface area contributed by atoms with Crippen LogP contribution in [0, 0.1) is 5.92 Å². The zero-order valence-electron chi connectivity index (χ0n) is 11.0. The van der Waals surface area contributed by atoms with Crippen molar-refractivity contribution in [1.82, 2.24) is 0 Å². The van der Waals surface area contributed by atoms with E-state index in [2.05, 4.69) is 27.7 Å². The molecule has 0 aliphatic heterocycles. The van der Waals surface area contributed by atoms with Crippen LogP contribution in [-0.4, -0.2) is 5.11 Å². The van der Waals surface area contributed by atoms with Crippen LogP contribution in [0.2, 0.25) is 0 Å². The SMILES string of the molecule is CC(C)CCCC(C)(C)c1ccccc1O. The minimum absolute atomic E-state index is 0.0697. The molecule has 1 heteroatoms. The number of phenols is 1. The molecule has 90 valence electrons. The number of aromatic hydroxyl groups is 1. The van der Waals surface area contributed by atoms with Crippen molar-refractivity contribution in [2.45, 2.75) is 52.4 Å². The quantitative estimate of drug-likeness (QED) is 0.774. The molecule has 0 bridgehead atoms. The van der Waals surface area contributed by atoms with Gasteiger partial charge in [-0.3, -0.25) is 0 Å². The molecule has 0 radical (unpaired) electrons. The van der Waals surface area contributed by atoms with E-state index in [0.29, 0.717) is 5.75 Å². The van der Waals surface area contributed by atoms with Crippen LogP contribution in [0.4, 0.5) is 0 Å². The Labute approximate surface area is 99.5 Å². The molecule has 0 aliphatic rings. The second-order valence-electron chi connectivity index (χ2n) is 5.69. The van der Waals surface area contributed by atoms with Crippen LogP contribution in [0.5, 0.6) is 5.75 Å². The minimum atomic E-state index is 0.0697. The molecule has 1 aromatic rings. The van der Waals surface area contributed by atoms with Gasteiger partial charge in [0, 0.05) is 0 Å². The molecule has 0 saturated heterocycles. The lowest BCUT2D eigenvalue weighted by Gasteiger charge is -2.26. The van der Waals surface area contributed by atoms with Gasteiger partial charge in [0.2, 0.25) is 0 Å². The molecule has 0 atom stereocenters. The lowest BCUT2D eigenvalue weighted by molar-refractivity contribution is 0.396. The summed E-state index contributed by atoms with van der Waals surface area (Å²) < 4.78 is 0. The number of para-hydroxylation sites is 1. The molecule has 1 N–H and O–H groups in total. The highest BCUT2D eigenvalue weighted by molar-refractivity contribution is 5.37. The van der Waals surface area contributed by atoms with Gasteiger partial charge in [0.15, 0.2) is 0 Å². The Kier molecular flexibility index (Phi) is 4.40. The van der Waals surface area contributed by atoms with E-state index in [4.69, 9.17) is 0 Å². The first-order valence-corrected chi connectivity index (χ1v) is 6.22. The molecule has 0 spiro atoms. The van der Waals surface area contributed by atoms with Crippen molar-refractivity contribution in [1.29, 1.82) is 0 Å². The van der Waals surface area contributed by atoms with Gasteiger partial charge in [-0.15, -0.1) is 0 Å². The second kappa shape index (κ2) is 5.38. The molecule has 0 unspecified atom stereocenters. The Hall–Kier alpha value is -0.980. The van der Waals surface area contributed by atoms with Gasteiger partial charge in [-0.1, -0.05) is 58.7 Å². The van der Waals surface area contributed by atoms with Crippen molar-refractivity contribution < 1.29 is 5.11 Å². The lowest BCUT2D eigenvalue weighted by Crippen LogP contribution is -2.17. The summed E-state index contributed by atoms with van der Waals surface area (Å²) in [6.45, 7) is 8.94. The van der Waals surface area contributed by atoms with E-state index < -0.39 is 0 Å². The summed E-state index contributed by atoms with van der Waals surface area (Å²) in [4.78, 5) is 0. The van der Waals surface area contributed by atoms with E-state index in [9.17, 15) is 5.11 Å². The van der Waals surface area contributed by atoms with E-state index in [-0.39, 0.29) is 5.41 Å². The summed E-state index contributed by atoms with van der Waals surface area (Å²) in [6, 6.07) is 7.69. The van der Waals surface area contributed by atoms with Crippen LogP contribution < -0.4 is 0 Å². The first-order chi connectivity index (χ1) is 7.43. The van der Waals surface area contributed by atoms with Crippen molar-refractivity contribution in [2.75, 3.05) is 0 Å². The molecule has 0 fully saturated rings. The Morgan fingerprint density at radius 2 is 1.81 bits per heavy atom. The molecule has 0 amide bonds. The van der Waals surface area contributed by atoms with Gasteiger partial charge >= 0.3 is 0 Å². The van der Waals surface area contributed by atoms with Crippen molar-refractivity contribution in [3.63, 3.8) is 0 Å². The van der Waals surface area contributed by atoms with Gasteiger partial charge in [0.1, 0.15) is 5.75 Å². The van der Waals surface area contributed by atoms with Crippen molar-refractivity contribution in [3.05, 3.63) is 29.8 Å². The fraction of sp³-hybridized carbons (Fsp3) is 0.600. The smallest absolute Gasteiger partial charge is 0.119 e.